The minimum atomic E-state index is -0.181. The number of hydrogen-bond acceptors (Lipinski definition) is 4. The van der Waals surface area contributed by atoms with E-state index in [-0.39, 0.29) is 150 Å². The monoisotopic (exact) mass is 1770 g/mol. The van der Waals surface area contributed by atoms with E-state index >= 15 is 0 Å². The Morgan fingerprint density at radius 2 is 0.560 bits per heavy atom. The molecule has 0 amide bonds. The molecule has 0 radical (unpaired) electrons. The summed E-state index contributed by atoms with van der Waals surface area (Å²) in [5, 5.41) is 9.61. The molecule has 5 rings (SSSR count). The third-order valence-electron chi connectivity index (χ3n) is 21.5. The number of halogens is 3. The molecule has 0 fully saturated rings. The summed E-state index contributed by atoms with van der Waals surface area (Å²) in [7, 11) is 9.05. The molecule has 7 nitrogen and oxygen atoms in total. The number of carbonyl (C=O) groups excluding carboxylic acids is 1. The van der Waals surface area contributed by atoms with Gasteiger partial charge in [-0.3, -0.25) is 4.79 Å². The van der Waals surface area contributed by atoms with E-state index in [0.29, 0.717) is 0 Å². The van der Waals surface area contributed by atoms with Gasteiger partial charge in [0.1, 0.15) is 17.1 Å². The van der Waals surface area contributed by atoms with E-state index in [0.717, 1.165) is 12.3 Å². The smallest absolute Gasteiger partial charge is 1.00 e. The van der Waals surface area contributed by atoms with Gasteiger partial charge in [-0.25, -0.2) is 0 Å². The Morgan fingerprint density at radius 1 is 0.353 bits per heavy atom. The first-order chi connectivity index (χ1) is 54.0. The standard InChI is InChI=1S/4C20H35N.C13H27Br.C8H10.CH2O3.2CH4.2ClH.2K.H/c4*1-3-4-5-6-7-8-9-10-11-12-16-19-21(2)20-17-14-13-15-18-20;1-13(2)11-9-7-5-3-4-6-8-10-12-14;1-2-8-6-4-3-5-7-8;2-1-4-3;;;;;;;/h4*13-15,17-18H,3-12,16,19H2,1-2H3;13H,3-12H2,1-2H3;3-7H,2H2,1H3;1,3H;2*1H4;2*1H;;;/q;;;;;;;;;;;2*+1;-1/p+1. The molecule has 0 aliphatic carbocycles. The topological polar surface area (TPSA) is 65.9 Å². The predicted molar refractivity (Wildman–Crippen MR) is 514 cm³/mol. The van der Waals surface area contributed by atoms with Crippen LogP contribution in [0.2, 0.25) is 0 Å². The second kappa shape index (κ2) is 111. The van der Waals surface area contributed by atoms with Gasteiger partial charge in [0.2, 0.25) is 0 Å². The number of anilines is 1. The van der Waals surface area contributed by atoms with Crippen LogP contribution < -0.4 is 140 Å². The molecular formula is C104H191BrCl2K2N4O3+2. The summed E-state index contributed by atoms with van der Waals surface area (Å²) >= 11 is 3.47. The van der Waals surface area contributed by atoms with Gasteiger partial charge < -0.3 is 43.6 Å². The summed E-state index contributed by atoms with van der Waals surface area (Å²) < 4.78 is 0. The van der Waals surface area contributed by atoms with Crippen LogP contribution in [0.25, 0.3) is 0 Å². The molecule has 666 valence electrons. The number of quaternary nitrogens is 3. The van der Waals surface area contributed by atoms with Gasteiger partial charge in [-0.2, -0.15) is 0 Å². The number of nitrogens with one attached hydrogen (secondary N) is 3. The minimum absolute atomic E-state index is 0. The van der Waals surface area contributed by atoms with Crippen LogP contribution in [0.1, 0.15) is 411 Å². The number of benzene rings is 5. The average Bonchev–Trinajstić information content (AvgIpc) is 0.940. The molecule has 0 saturated carbocycles. The van der Waals surface area contributed by atoms with Crippen LogP contribution in [0.15, 0.2) is 152 Å². The Labute approximate surface area is 831 Å². The second-order valence-corrected chi connectivity index (χ2v) is 33.1. The fourth-order valence-electron chi connectivity index (χ4n) is 14.0. The minimum Gasteiger partial charge on any atom is -1.00 e. The maximum absolute atomic E-state index is 8.64. The molecule has 0 aromatic heterocycles. The van der Waals surface area contributed by atoms with Gasteiger partial charge in [0, 0.05) is 24.6 Å². The summed E-state index contributed by atoms with van der Waals surface area (Å²) in [6.45, 7) is 20.8. The maximum atomic E-state index is 8.64. The summed E-state index contributed by atoms with van der Waals surface area (Å²) in [4.78, 5) is 18.3. The largest absolute Gasteiger partial charge is 1.00 e. The number of para-hydroxylation sites is 4. The van der Waals surface area contributed by atoms with Gasteiger partial charge in [0.25, 0.3) is 6.47 Å². The van der Waals surface area contributed by atoms with Crippen LogP contribution in [0.5, 0.6) is 0 Å². The average molecular weight is 1770 g/mol. The molecule has 0 aliphatic rings. The van der Waals surface area contributed by atoms with Gasteiger partial charge in [0.05, 0.1) is 40.8 Å². The molecule has 3 unspecified atom stereocenters. The van der Waals surface area contributed by atoms with Crippen molar-refractivity contribution in [2.45, 2.75) is 410 Å². The number of carbonyl (C=O) groups is 1. The molecule has 0 spiro atoms. The molecule has 0 heterocycles. The molecule has 116 heavy (non-hydrogen) atoms. The van der Waals surface area contributed by atoms with Crippen molar-refractivity contribution in [3.05, 3.63) is 157 Å². The number of alkyl halides is 1. The SMILES string of the molecule is C.C.CC(C)CCCCCCCCCCBr.CCCCCCCCCCCCCN(C)c1ccccc1.CCCCCCCCCCCCC[NH+](C)c1ccccc1.CCCCCCCCCCCCC[NH+](C)c1ccccc1.CCCCCCCCCCCCC[NH+](C)c1ccccc1.CCc1ccccc1.Cl.O=CO[O-].[Cl-].[H-].[K+].[K+]. The molecule has 3 atom stereocenters. The predicted octanol–water partition coefficient (Wildman–Crippen LogP) is 20.9. The Hall–Kier alpha value is -0.457. The summed E-state index contributed by atoms with van der Waals surface area (Å²) in [6, 6.07) is 53.7. The van der Waals surface area contributed by atoms with Crippen LogP contribution in [0.3, 0.4) is 0 Å². The first kappa shape index (κ1) is 131. The number of unbranched alkanes of at least 4 members (excludes halogenated alkanes) is 47. The van der Waals surface area contributed by atoms with Crippen molar-refractivity contribution in [1.29, 1.82) is 0 Å². The van der Waals surface area contributed by atoms with Crippen LogP contribution >= 0.6 is 28.3 Å². The van der Waals surface area contributed by atoms with E-state index in [4.69, 9.17) is 10.1 Å². The summed E-state index contributed by atoms with van der Waals surface area (Å²) in [6.07, 6.45) is 76.7. The second-order valence-electron chi connectivity index (χ2n) is 32.3. The van der Waals surface area contributed by atoms with Crippen molar-refractivity contribution in [3.63, 3.8) is 0 Å². The van der Waals surface area contributed by atoms with Crippen LogP contribution in [0, 0.1) is 5.92 Å². The quantitative estimate of drug-likeness (QED) is 0.00906. The summed E-state index contributed by atoms with van der Waals surface area (Å²) in [5.41, 5.74) is 7.01. The van der Waals surface area contributed by atoms with Gasteiger partial charge in [-0.15, -0.1) is 12.4 Å². The molecular weight excluding hydrogens is 1580 g/mol. The number of aryl methyl sites for hydroxylation is 1. The molecule has 0 saturated heterocycles. The number of hydrogen-bond donors (Lipinski definition) is 3. The molecule has 5 aromatic rings. The fraction of sp³-hybridized carbons (Fsp3) is 0.702. The van der Waals surface area contributed by atoms with Crippen molar-refractivity contribution >= 4 is 57.6 Å². The van der Waals surface area contributed by atoms with Crippen LogP contribution in [-0.4, -0.2) is 66.2 Å². The first-order valence-corrected chi connectivity index (χ1v) is 47.8. The van der Waals surface area contributed by atoms with E-state index in [9.17, 15) is 0 Å². The van der Waals surface area contributed by atoms with Gasteiger partial charge in [-0.1, -0.05) is 471 Å². The zero-order valence-electron chi connectivity index (χ0n) is 78.1. The van der Waals surface area contributed by atoms with Crippen molar-refractivity contribution in [1.82, 2.24) is 0 Å². The summed E-state index contributed by atoms with van der Waals surface area (Å²) in [5.74, 6) is 0.897. The Balaban J connectivity index is -0.000000170. The van der Waals surface area contributed by atoms with Gasteiger partial charge in [-0.05, 0) is 118 Å². The van der Waals surface area contributed by atoms with E-state index in [1.54, 1.807) is 14.7 Å². The third-order valence-corrected chi connectivity index (χ3v) is 22.1. The number of nitrogens with zero attached hydrogens (tertiary/aromatic N) is 1. The maximum Gasteiger partial charge on any atom is 1.00 e. The van der Waals surface area contributed by atoms with E-state index in [1.807, 2.05) is 6.07 Å². The Bertz CT molecular complexity index is 2220. The van der Waals surface area contributed by atoms with Crippen molar-refractivity contribution < 1.29 is 146 Å². The van der Waals surface area contributed by atoms with Crippen LogP contribution in [0.4, 0.5) is 22.7 Å². The number of rotatable bonds is 64. The van der Waals surface area contributed by atoms with Crippen molar-refractivity contribution in [2.75, 3.05) is 64.6 Å². The van der Waals surface area contributed by atoms with Crippen molar-refractivity contribution in [3.8, 4) is 0 Å². The van der Waals surface area contributed by atoms with Gasteiger partial charge in [0.15, 0.2) is 0 Å². The first-order valence-electron chi connectivity index (χ1n) is 46.7. The Kier molecular flexibility index (Phi) is 125. The zero-order chi connectivity index (χ0) is 80.6. The van der Waals surface area contributed by atoms with Crippen molar-refractivity contribution in [2.24, 2.45) is 5.92 Å². The molecule has 12 heteroatoms. The van der Waals surface area contributed by atoms with E-state index in [2.05, 4.69) is 248 Å². The molecule has 5 aromatic carbocycles. The molecule has 0 bridgehead atoms. The molecule has 0 aliphatic heterocycles. The van der Waals surface area contributed by atoms with Crippen LogP contribution in [-0.2, 0) is 16.1 Å². The van der Waals surface area contributed by atoms with E-state index < -0.39 is 0 Å². The third kappa shape index (κ3) is 97.4. The molecule has 3 N–H and O–H groups in total. The van der Waals surface area contributed by atoms with E-state index in [1.165, 1.54) is 400 Å². The fourth-order valence-corrected chi connectivity index (χ4v) is 14.4. The zero-order valence-corrected chi connectivity index (χ0v) is 86.5. The van der Waals surface area contributed by atoms with Gasteiger partial charge >= 0.3 is 103 Å². The normalized spacial score (nSPS) is 10.9. The Morgan fingerprint density at radius 3 is 0.776 bits per heavy atom.